The fraction of sp³-hybridized carbons (Fsp3) is 0.375. The molecule has 0 bridgehead atoms. The van der Waals surface area contributed by atoms with Gasteiger partial charge in [-0.05, 0) is 6.07 Å². The van der Waals surface area contributed by atoms with Crippen LogP contribution in [0.5, 0.6) is 0 Å². The Kier molecular flexibility index (Phi) is 4.34. The van der Waals surface area contributed by atoms with E-state index in [2.05, 4.69) is 9.97 Å². The van der Waals surface area contributed by atoms with Gasteiger partial charge in [0.05, 0.1) is 6.61 Å². The standard InChI is InChI=1S/C8H10N2O3S/c1-13-4-5-14-8-9-3-2-6(10-8)7(11)12/h2-3H,4-5H2,1H3,(H,11,12). The third kappa shape index (κ3) is 3.31. The summed E-state index contributed by atoms with van der Waals surface area (Å²) in [6, 6.07) is 1.36. The van der Waals surface area contributed by atoms with E-state index in [9.17, 15) is 4.79 Å². The molecule has 0 amide bonds. The predicted molar refractivity (Wildman–Crippen MR) is 51.6 cm³/mol. The van der Waals surface area contributed by atoms with E-state index in [1.165, 1.54) is 24.0 Å². The van der Waals surface area contributed by atoms with E-state index in [-0.39, 0.29) is 5.69 Å². The zero-order chi connectivity index (χ0) is 10.4. The highest BCUT2D eigenvalue weighted by atomic mass is 32.2. The van der Waals surface area contributed by atoms with Crippen molar-refractivity contribution in [2.24, 2.45) is 0 Å². The Labute approximate surface area is 85.5 Å². The number of carbonyl (C=O) groups is 1. The van der Waals surface area contributed by atoms with Crippen LogP contribution in [0.2, 0.25) is 0 Å². The molecule has 1 heterocycles. The predicted octanol–water partition coefficient (Wildman–Crippen LogP) is 0.913. The minimum atomic E-state index is -1.04. The molecule has 76 valence electrons. The van der Waals surface area contributed by atoms with Gasteiger partial charge in [-0.2, -0.15) is 0 Å². The van der Waals surface area contributed by atoms with Gasteiger partial charge in [-0.15, -0.1) is 0 Å². The van der Waals surface area contributed by atoms with Gasteiger partial charge in [0.1, 0.15) is 0 Å². The van der Waals surface area contributed by atoms with Gasteiger partial charge in [0, 0.05) is 19.1 Å². The molecule has 0 saturated heterocycles. The molecule has 0 aliphatic rings. The van der Waals surface area contributed by atoms with Crippen molar-refractivity contribution < 1.29 is 14.6 Å². The molecule has 1 N–H and O–H groups in total. The van der Waals surface area contributed by atoms with Gasteiger partial charge in [0.25, 0.3) is 0 Å². The fourth-order valence-corrected chi connectivity index (χ4v) is 1.48. The van der Waals surface area contributed by atoms with Gasteiger partial charge < -0.3 is 9.84 Å². The van der Waals surface area contributed by atoms with E-state index in [1.54, 1.807) is 7.11 Å². The summed E-state index contributed by atoms with van der Waals surface area (Å²) < 4.78 is 4.85. The first-order chi connectivity index (χ1) is 6.74. The van der Waals surface area contributed by atoms with Gasteiger partial charge in [0.15, 0.2) is 10.9 Å². The SMILES string of the molecule is COCCSc1nccc(C(=O)O)n1. The lowest BCUT2D eigenvalue weighted by molar-refractivity contribution is 0.0689. The van der Waals surface area contributed by atoms with Crippen LogP contribution >= 0.6 is 11.8 Å². The summed E-state index contributed by atoms with van der Waals surface area (Å²) in [5.41, 5.74) is 0.0138. The second-order valence-corrected chi connectivity index (χ2v) is 3.43. The number of carboxylic acids is 1. The first-order valence-electron chi connectivity index (χ1n) is 3.92. The van der Waals surface area contributed by atoms with Crippen LogP contribution in [0.3, 0.4) is 0 Å². The van der Waals surface area contributed by atoms with Gasteiger partial charge >= 0.3 is 5.97 Å². The van der Waals surface area contributed by atoms with Gasteiger partial charge in [-0.1, -0.05) is 11.8 Å². The van der Waals surface area contributed by atoms with Crippen LogP contribution in [0.15, 0.2) is 17.4 Å². The molecule has 1 aromatic heterocycles. The molecule has 5 nitrogen and oxygen atoms in total. The lowest BCUT2D eigenvalue weighted by atomic mass is 10.4. The van der Waals surface area contributed by atoms with Crippen molar-refractivity contribution in [1.29, 1.82) is 0 Å². The Balaban J connectivity index is 2.59. The van der Waals surface area contributed by atoms with Gasteiger partial charge in [-0.25, -0.2) is 14.8 Å². The van der Waals surface area contributed by atoms with Crippen LogP contribution in [-0.2, 0) is 4.74 Å². The summed E-state index contributed by atoms with van der Waals surface area (Å²) in [5, 5.41) is 9.12. The quantitative estimate of drug-likeness (QED) is 0.446. The maximum absolute atomic E-state index is 10.6. The molecule has 0 spiro atoms. The van der Waals surface area contributed by atoms with E-state index < -0.39 is 5.97 Å². The number of aromatic carboxylic acids is 1. The van der Waals surface area contributed by atoms with Gasteiger partial charge in [0.2, 0.25) is 0 Å². The number of ether oxygens (including phenoxy) is 1. The highest BCUT2D eigenvalue weighted by molar-refractivity contribution is 7.99. The van der Waals surface area contributed by atoms with E-state index in [4.69, 9.17) is 9.84 Å². The molecule has 0 aliphatic carbocycles. The number of aromatic nitrogens is 2. The second kappa shape index (κ2) is 5.56. The van der Waals surface area contributed by atoms with Crippen LogP contribution in [0, 0.1) is 0 Å². The van der Waals surface area contributed by atoms with E-state index >= 15 is 0 Å². The Morgan fingerprint density at radius 1 is 1.71 bits per heavy atom. The highest BCUT2D eigenvalue weighted by Crippen LogP contribution is 2.11. The normalized spacial score (nSPS) is 10.1. The zero-order valence-electron chi connectivity index (χ0n) is 7.64. The summed E-state index contributed by atoms with van der Waals surface area (Å²) in [7, 11) is 1.61. The average Bonchev–Trinajstić information content (AvgIpc) is 2.19. The van der Waals surface area contributed by atoms with Crippen LogP contribution < -0.4 is 0 Å². The van der Waals surface area contributed by atoms with Crippen molar-refractivity contribution in [3.8, 4) is 0 Å². The molecular formula is C8H10N2O3S. The van der Waals surface area contributed by atoms with Crippen molar-refractivity contribution in [3.05, 3.63) is 18.0 Å². The molecule has 0 fully saturated rings. The molecule has 0 atom stereocenters. The summed E-state index contributed by atoms with van der Waals surface area (Å²) in [6.45, 7) is 0.589. The fourth-order valence-electron chi connectivity index (χ4n) is 0.746. The maximum atomic E-state index is 10.6. The summed E-state index contributed by atoms with van der Waals surface area (Å²) >= 11 is 1.37. The summed E-state index contributed by atoms with van der Waals surface area (Å²) in [6.07, 6.45) is 1.44. The Morgan fingerprint density at radius 2 is 2.50 bits per heavy atom. The number of methoxy groups -OCH3 is 1. The summed E-state index contributed by atoms with van der Waals surface area (Å²) in [4.78, 5) is 18.3. The monoisotopic (exact) mass is 214 g/mol. The van der Waals surface area contributed by atoms with Gasteiger partial charge in [-0.3, -0.25) is 0 Å². The van der Waals surface area contributed by atoms with Crippen molar-refractivity contribution in [1.82, 2.24) is 9.97 Å². The molecule has 0 aromatic carbocycles. The molecule has 6 heteroatoms. The lowest BCUT2D eigenvalue weighted by Gasteiger charge is -1.99. The number of rotatable bonds is 5. The minimum absolute atomic E-state index is 0.0138. The zero-order valence-corrected chi connectivity index (χ0v) is 8.45. The average molecular weight is 214 g/mol. The molecule has 0 unspecified atom stereocenters. The van der Waals surface area contributed by atoms with E-state index in [1.807, 2.05) is 0 Å². The van der Waals surface area contributed by atoms with E-state index in [0.717, 1.165) is 0 Å². The molecule has 1 rings (SSSR count). The second-order valence-electron chi connectivity index (χ2n) is 2.37. The molecule has 14 heavy (non-hydrogen) atoms. The smallest absolute Gasteiger partial charge is 0.354 e. The minimum Gasteiger partial charge on any atom is -0.477 e. The molecular weight excluding hydrogens is 204 g/mol. The first kappa shape index (κ1) is 10.9. The van der Waals surface area contributed by atoms with Crippen LogP contribution in [0.25, 0.3) is 0 Å². The number of hydrogen-bond acceptors (Lipinski definition) is 5. The topological polar surface area (TPSA) is 72.3 Å². The van der Waals surface area contributed by atoms with Crippen LogP contribution in [0.4, 0.5) is 0 Å². The van der Waals surface area contributed by atoms with Crippen LogP contribution in [0.1, 0.15) is 10.5 Å². The number of nitrogens with zero attached hydrogens (tertiary/aromatic N) is 2. The third-order valence-corrected chi connectivity index (χ3v) is 2.20. The molecule has 1 aromatic rings. The third-order valence-electron chi connectivity index (χ3n) is 1.37. The maximum Gasteiger partial charge on any atom is 0.354 e. The van der Waals surface area contributed by atoms with Crippen molar-refractivity contribution in [3.63, 3.8) is 0 Å². The lowest BCUT2D eigenvalue weighted by Crippen LogP contribution is -2.02. The number of carboxylic acid groups (broad SMARTS) is 1. The van der Waals surface area contributed by atoms with Crippen molar-refractivity contribution >= 4 is 17.7 Å². The number of hydrogen-bond donors (Lipinski definition) is 1. The first-order valence-corrected chi connectivity index (χ1v) is 4.90. The Hall–Kier alpha value is -1.14. The largest absolute Gasteiger partial charge is 0.477 e. The van der Waals surface area contributed by atoms with Crippen LogP contribution in [-0.4, -0.2) is 40.5 Å². The number of thioether (sulfide) groups is 1. The van der Waals surface area contributed by atoms with E-state index in [0.29, 0.717) is 17.5 Å². The Bertz CT molecular complexity index is 319. The molecule has 0 aliphatic heterocycles. The highest BCUT2D eigenvalue weighted by Gasteiger charge is 2.05. The summed E-state index contributed by atoms with van der Waals surface area (Å²) in [5.74, 6) is -0.333. The Morgan fingerprint density at radius 3 is 3.14 bits per heavy atom. The molecule has 0 saturated carbocycles. The van der Waals surface area contributed by atoms with Crippen molar-refractivity contribution in [2.45, 2.75) is 5.16 Å². The van der Waals surface area contributed by atoms with Crippen molar-refractivity contribution in [2.75, 3.05) is 19.5 Å². The molecule has 0 radical (unpaired) electrons.